The molecule has 1 aliphatic rings. The lowest BCUT2D eigenvalue weighted by molar-refractivity contribution is -0.136. The van der Waals surface area contributed by atoms with Crippen LogP contribution in [0.3, 0.4) is 0 Å². The van der Waals surface area contributed by atoms with Gasteiger partial charge in [0, 0.05) is 25.0 Å². The van der Waals surface area contributed by atoms with Crippen LogP contribution in [0, 0.1) is 11.3 Å². The van der Waals surface area contributed by atoms with Crippen molar-refractivity contribution in [2.45, 2.75) is 59.5 Å². The summed E-state index contributed by atoms with van der Waals surface area (Å²) in [5, 5.41) is 3.03. The summed E-state index contributed by atoms with van der Waals surface area (Å²) in [7, 11) is 0. The van der Waals surface area contributed by atoms with E-state index in [1.807, 2.05) is 39.5 Å². The molecular formula is C15H29N3O2. The van der Waals surface area contributed by atoms with E-state index in [1.54, 1.807) is 0 Å². The average Bonchev–Trinajstić information content (AvgIpc) is 2.36. The summed E-state index contributed by atoms with van der Waals surface area (Å²) >= 11 is 0. The van der Waals surface area contributed by atoms with Crippen molar-refractivity contribution in [3.05, 3.63) is 0 Å². The predicted octanol–water partition coefficient (Wildman–Crippen LogP) is 1.12. The normalized spacial score (nSPS) is 19.1. The smallest absolute Gasteiger partial charge is 0.240 e. The van der Waals surface area contributed by atoms with Crippen LogP contribution in [-0.2, 0) is 9.59 Å². The Bertz CT molecular complexity index is 353. The molecule has 3 N–H and O–H groups in total. The number of carbonyl (C=O) groups excluding carboxylic acids is 2. The van der Waals surface area contributed by atoms with Gasteiger partial charge in [0.2, 0.25) is 11.8 Å². The SMILES string of the molecule is CC(C)C(=O)NC1CCN(C(=O)[C@@H](N)C(C)(C)C)CC1. The van der Waals surface area contributed by atoms with Gasteiger partial charge in [-0.1, -0.05) is 34.6 Å². The highest BCUT2D eigenvalue weighted by atomic mass is 16.2. The minimum atomic E-state index is -0.468. The Balaban J connectivity index is 2.46. The predicted molar refractivity (Wildman–Crippen MR) is 80.0 cm³/mol. The number of nitrogens with two attached hydrogens (primary N) is 1. The lowest BCUT2D eigenvalue weighted by Crippen LogP contribution is -2.54. The Morgan fingerprint density at radius 3 is 2.10 bits per heavy atom. The van der Waals surface area contributed by atoms with Crippen LogP contribution >= 0.6 is 0 Å². The topological polar surface area (TPSA) is 75.4 Å². The summed E-state index contributed by atoms with van der Waals surface area (Å²) < 4.78 is 0. The summed E-state index contributed by atoms with van der Waals surface area (Å²) in [6.07, 6.45) is 1.61. The molecule has 0 aliphatic carbocycles. The quantitative estimate of drug-likeness (QED) is 0.815. The molecule has 5 heteroatoms. The second kappa shape index (κ2) is 6.57. The van der Waals surface area contributed by atoms with E-state index in [2.05, 4.69) is 5.32 Å². The van der Waals surface area contributed by atoms with Crippen LogP contribution in [0.1, 0.15) is 47.5 Å². The molecule has 0 radical (unpaired) electrons. The largest absolute Gasteiger partial charge is 0.353 e. The molecule has 0 unspecified atom stereocenters. The molecule has 0 bridgehead atoms. The fourth-order valence-corrected chi connectivity index (χ4v) is 2.18. The number of rotatable bonds is 3. The first-order valence-corrected chi connectivity index (χ1v) is 7.47. The van der Waals surface area contributed by atoms with Gasteiger partial charge in [0.25, 0.3) is 0 Å². The van der Waals surface area contributed by atoms with Crippen molar-refractivity contribution in [2.75, 3.05) is 13.1 Å². The van der Waals surface area contributed by atoms with Crippen molar-refractivity contribution in [3.8, 4) is 0 Å². The van der Waals surface area contributed by atoms with Crippen LogP contribution in [0.4, 0.5) is 0 Å². The summed E-state index contributed by atoms with van der Waals surface area (Å²) in [4.78, 5) is 25.8. The highest BCUT2D eigenvalue weighted by Gasteiger charge is 2.33. The number of amides is 2. The van der Waals surface area contributed by atoms with Crippen LogP contribution < -0.4 is 11.1 Å². The van der Waals surface area contributed by atoms with Crippen molar-refractivity contribution in [1.29, 1.82) is 0 Å². The van der Waals surface area contributed by atoms with Crippen LogP contribution in [0.5, 0.6) is 0 Å². The summed E-state index contributed by atoms with van der Waals surface area (Å²) in [5.74, 6) is 0.108. The Morgan fingerprint density at radius 2 is 1.70 bits per heavy atom. The van der Waals surface area contributed by atoms with Gasteiger partial charge in [-0.05, 0) is 18.3 Å². The van der Waals surface area contributed by atoms with E-state index in [0.29, 0.717) is 13.1 Å². The first-order valence-electron chi connectivity index (χ1n) is 7.47. The second-order valence-corrected chi connectivity index (χ2v) is 7.11. The van der Waals surface area contributed by atoms with Crippen LogP contribution in [-0.4, -0.2) is 41.9 Å². The molecule has 2 amide bonds. The van der Waals surface area contributed by atoms with Gasteiger partial charge in [0.15, 0.2) is 0 Å². The molecule has 0 aromatic heterocycles. The lowest BCUT2D eigenvalue weighted by atomic mass is 9.86. The molecule has 1 aliphatic heterocycles. The molecule has 1 fully saturated rings. The van der Waals surface area contributed by atoms with Crippen LogP contribution in [0.15, 0.2) is 0 Å². The molecule has 5 nitrogen and oxygen atoms in total. The molecule has 0 saturated carbocycles. The maximum Gasteiger partial charge on any atom is 0.240 e. The van der Waals surface area contributed by atoms with E-state index in [-0.39, 0.29) is 29.2 Å². The van der Waals surface area contributed by atoms with Gasteiger partial charge in [-0.25, -0.2) is 0 Å². The Hall–Kier alpha value is -1.10. The molecule has 1 heterocycles. The highest BCUT2D eigenvalue weighted by molar-refractivity contribution is 5.82. The van der Waals surface area contributed by atoms with Crippen molar-refractivity contribution in [3.63, 3.8) is 0 Å². The number of hydrogen-bond acceptors (Lipinski definition) is 3. The van der Waals surface area contributed by atoms with Gasteiger partial charge >= 0.3 is 0 Å². The number of piperidine rings is 1. The minimum Gasteiger partial charge on any atom is -0.353 e. The molecule has 116 valence electrons. The third-order valence-corrected chi connectivity index (χ3v) is 3.88. The first kappa shape index (κ1) is 17.0. The van der Waals surface area contributed by atoms with E-state index in [1.165, 1.54) is 0 Å². The molecular weight excluding hydrogens is 254 g/mol. The van der Waals surface area contributed by atoms with Gasteiger partial charge in [0.1, 0.15) is 0 Å². The van der Waals surface area contributed by atoms with Crippen LogP contribution in [0.2, 0.25) is 0 Å². The Labute approximate surface area is 122 Å². The average molecular weight is 283 g/mol. The van der Waals surface area contributed by atoms with Gasteiger partial charge in [0.05, 0.1) is 6.04 Å². The molecule has 1 saturated heterocycles. The van der Waals surface area contributed by atoms with Crippen molar-refractivity contribution >= 4 is 11.8 Å². The number of nitrogens with zero attached hydrogens (tertiary/aromatic N) is 1. The second-order valence-electron chi connectivity index (χ2n) is 7.11. The summed E-state index contributed by atoms with van der Waals surface area (Å²) in [6, 6.07) is -0.288. The third kappa shape index (κ3) is 4.47. The number of nitrogens with one attached hydrogen (secondary N) is 1. The van der Waals surface area contributed by atoms with E-state index < -0.39 is 6.04 Å². The summed E-state index contributed by atoms with van der Waals surface area (Å²) in [5.41, 5.74) is 5.80. The van der Waals surface area contributed by atoms with E-state index in [9.17, 15) is 9.59 Å². The minimum absolute atomic E-state index is 0.00368. The zero-order valence-corrected chi connectivity index (χ0v) is 13.4. The maximum atomic E-state index is 12.3. The fourth-order valence-electron chi connectivity index (χ4n) is 2.18. The maximum absolute atomic E-state index is 12.3. The highest BCUT2D eigenvalue weighted by Crippen LogP contribution is 2.21. The third-order valence-electron chi connectivity index (χ3n) is 3.88. The fraction of sp³-hybridized carbons (Fsp3) is 0.867. The van der Waals surface area contributed by atoms with Crippen molar-refractivity contribution in [2.24, 2.45) is 17.1 Å². The van der Waals surface area contributed by atoms with Gasteiger partial charge in [-0.2, -0.15) is 0 Å². The monoisotopic (exact) mass is 283 g/mol. The standard InChI is InChI=1S/C15H29N3O2/c1-10(2)13(19)17-11-6-8-18(9-7-11)14(20)12(16)15(3,4)5/h10-12H,6-9,16H2,1-5H3,(H,17,19)/t12-/m1/s1. The van der Waals surface area contributed by atoms with E-state index >= 15 is 0 Å². The zero-order chi connectivity index (χ0) is 15.5. The van der Waals surface area contributed by atoms with E-state index in [0.717, 1.165) is 12.8 Å². The summed E-state index contributed by atoms with van der Waals surface area (Å²) in [6.45, 7) is 11.0. The molecule has 20 heavy (non-hydrogen) atoms. The molecule has 0 aromatic carbocycles. The Kier molecular flexibility index (Phi) is 5.57. The Morgan fingerprint density at radius 1 is 1.20 bits per heavy atom. The first-order chi connectivity index (χ1) is 9.12. The van der Waals surface area contributed by atoms with Gasteiger partial charge in [-0.15, -0.1) is 0 Å². The molecule has 1 atom stereocenters. The number of carbonyl (C=O) groups is 2. The number of likely N-dealkylation sites (tertiary alicyclic amines) is 1. The van der Waals surface area contributed by atoms with Crippen LogP contribution in [0.25, 0.3) is 0 Å². The zero-order valence-electron chi connectivity index (χ0n) is 13.4. The van der Waals surface area contributed by atoms with Gasteiger partial charge in [-0.3, -0.25) is 9.59 Å². The van der Waals surface area contributed by atoms with E-state index in [4.69, 9.17) is 5.73 Å². The lowest BCUT2D eigenvalue weighted by Gasteiger charge is -2.36. The number of hydrogen-bond donors (Lipinski definition) is 2. The van der Waals surface area contributed by atoms with Crippen molar-refractivity contribution < 1.29 is 9.59 Å². The van der Waals surface area contributed by atoms with Crippen molar-refractivity contribution in [1.82, 2.24) is 10.2 Å². The molecule has 0 aromatic rings. The van der Waals surface area contributed by atoms with Gasteiger partial charge < -0.3 is 16.0 Å². The molecule has 1 rings (SSSR count). The molecule has 0 spiro atoms.